The van der Waals surface area contributed by atoms with Gasteiger partial charge in [-0.2, -0.15) is 0 Å². The molecular weight excluding hydrogens is 176 g/mol. The van der Waals surface area contributed by atoms with Crippen molar-refractivity contribution >= 4 is 0 Å². The number of benzene rings is 1. The van der Waals surface area contributed by atoms with Crippen LogP contribution in [0.4, 0.5) is 0 Å². The third-order valence-corrected chi connectivity index (χ3v) is 3.24. The van der Waals surface area contributed by atoms with Crippen molar-refractivity contribution in [2.75, 3.05) is 13.2 Å². The number of hydrogen-bond acceptors (Lipinski definition) is 2. The summed E-state index contributed by atoms with van der Waals surface area (Å²) in [6.07, 6.45) is 2.60. The molecule has 1 aliphatic carbocycles. The van der Waals surface area contributed by atoms with Crippen LogP contribution in [0.25, 0.3) is 0 Å². The van der Waals surface area contributed by atoms with Crippen LogP contribution in [0.5, 0.6) is 11.5 Å². The molecule has 1 aliphatic heterocycles. The summed E-state index contributed by atoms with van der Waals surface area (Å²) in [4.78, 5) is 0. The summed E-state index contributed by atoms with van der Waals surface area (Å²) in [5.74, 6) is 1.81. The Morgan fingerprint density at radius 2 is 1.79 bits per heavy atom. The highest BCUT2D eigenvalue weighted by Crippen LogP contribution is 2.49. The van der Waals surface area contributed by atoms with E-state index >= 15 is 0 Å². The molecule has 0 spiro atoms. The first-order valence-electron chi connectivity index (χ1n) is 5.18. The summed E-state index contributed by atoms with van der Waals surface area (Å²) < 4.78 is 11.0. The van der Waals surface area contributed by atoms with E-state index < -0.39 is 0 Å². The number of ether oxygens (including phenoxy) is 2. The molecule has 0 saturated heterocycles. The lowest BCUT2D eigenvalue weighted by molar-refractivity contribution is 0.171. The average Bonchev–Trinajstić information content (AvgIpc) is 2.97. The third kappa shape index (κ3) is 1.17. The summed E-state index contributed by atoms with van der Waals surface area (Å²) in [6.45, 7) is 3.65. The molecule has 0 radical (unpaired) electrons. The Morgan fingerprint density at radius 3 is 2.50 bits per heavy atom. The highest BCUT2D eigenvalue weighted by Gasteiger charge is 2.39. The fourth-order valence-electron chi connectivity index (χ4n) is 1.89. The van der Waals surface area contributed by atoms with Crippen LogP contribution >= 0.6 is 0 Å². The predicted molar refractivity (Wildman–Crippen MR) is 54.0 cm³/mol. The summed E-state index contributed by atoms with van der Waals surface area (Å²) in [5.41, 5.74) is 1.80. The van der Waals surface area contributed by atoms with Gasteiger partial charge in [0.2, 0.25) is 0 Å². The van der Waals surface area contributed by atoms with Gasteiger partial charge in [0.15, 0.2) is 11.5 Å². The van der Waals surface area contributed by atoms with Crippen molar-refractivity contribution in [1.82, 2.24) is 0 Å². The van der Waals surface area contributed by atoms with Crippen molar-refractivity contribution in [1.29, 1.82) is 0 Å². The molecule has 14 heavy (non-hydrogen) atoms. The Morgan fingerprint density at radius 1 is 1.07 bits per heavy atom. The normalized spacial score (nSPS) is 21.8. The van der Waals surface area contributed by atoms with Crippen molar-refractivity contribution in [2.45, 2.75) is 25.2 Å². The molecule has 0 unspecified atom stereocenters. The third-order valence-electron chi connectivity index (χ3n) is 3.24. The molecule has 1 aromatic carbocycles. The van der Waals surface area contributed by atoms with Gasteiger partial charge >= 0.3 is 0 Å². The Kier molecular flexibility index (Phi) is 1.55. The first-order chi connectivity index (χ1) is 6.78. The molecule has 0 atom stereocenters. The van der Waals surface area contributed by atoms with E-state index in [9.17, 15) is 0 Å². The van der Waals surface area contributed by atoms with E-state index in [0.717, 1.165) is 11.5 Å². The van der Waals surface area contributed by atoms with E-state index in [0.29, 0.717) is 18.6 Å². The van der Waals surface area contributed by atoms with Crippen molar-refractivity contribution < 1.29 is 9.47 Å². The Labute approximate surface area is 83.8 Å². The van der Waals surface area contributed by atoms with E-state index in [1.165, 1.54) is 18.4 Å². The van der Waals surface area contributed by atoms with Crippen LogP contribution in [0.2, 0.25) is 0 Å². The largest absolute Gasteiger partial charge is 0.486 e. The molecule has 3 rings (SSSR count). The summed E-state index contributed by atoms with van der Waals surface area (Å²) in [5, 5.41) is 0. The first-order valence-corrected chi connectivity index (χ1v) is 5.18. The molecule has 2 nitrogen and oxygen atoms in total. The molecule has 1 aromatic rings. The monoisotopic (exact) mass is 190 g/mol. The Hall–Kier alpha value is -1.18. The minimum atomic E-state index is 0.413. The second kappa shape index (κ2) is 2.66. The molecular formula is C12H14O2. The SMILES string of the molecule is CC1(c2ccc3c(c2)OCCO3)CC1. The Balaban J connectivity index is 2.01. The van der Waals surface area contributed by atoms with Crippen LogP contribution in [0, 0.1) is 0 Å². The fraction of sp³-hybridized carbons (Fsp3) is 0.500. The van der Waals surface area contributed by atoms with Gasteiger partial charge in [0, 0.05) is 0 Å². The Bertz CT molecular complexity index is 367. The van der Waals surface area contributed by atoms with Gasteiger partial charge in [-0.15, -0.1) is 0 Å². The van der Waals surface area contributed by atoms with Crippen molar-refractivity contribution in [3.63, 3.8) is 0 Å². The van der Waals surface area contributed by atoms with Crippen LogP contribution in [0.15, 0.2) is 18.2 Å². The van der Waals surface area contributed by atoms with E-state index in [1.54, 1.807) is 0 Å². The summed E-state index contributed by atoms with van der Waals surface area (Å²) in [6, 6.07) is 6.34. The maximum absolute atomic E-state index is 5.56. The predicted octanol–water partition coefficient (Wildman–Crippen LogP) is 2.51. The highest BCUT2D eigenvalue weighted by molar-refractivity contribution is 5.47. The molecule has 1 saturated carbocycles. The van der Waals surface area contributed by atoms with Crippen LogP contribution in [0.3, 0.4) is 0 Å². The van der Waals surface area contributed by atoms with Gasteiger partial charge in [-0.1, -0.05) is 13.0 Å². The number of hydrogen-bond donors (Lipinski definition) is 0. The van der Waals surface area contributed by atoms with Gasteiger partial charge in [0.1, 0.15) is 13.2 Å². The fourth-order valence-corrected chi connectivity index (χ4v) is 1.89. The maximum Gasteiger partial charge on any atom is 0.161 e. The molecule has 2 heteroatoms. The molecule has 1 heterocycles. The summed E-state index contributed by atoms with van der Waals surface area (Å²) >= 11 is 0. The lowest BCUT2D eigenvalue weighted by Gasteiger charge is -2.20. The zero-order valence-electron chi connectivity index (χ0n) is 8.38. The van der Waals surface area contributed by atoms with Gasteiger partial charge < -0.3 is 9.47 Å². The van der Waals surface area contributed by atoms with Gasteiger partial charge in [-0.3, -0.25) is 0 Å². The molecule has 74 valence electrons. The molecule has 0 amide bonds. The standard InChI is InChI=1S/C12H14O2/c1-12(4-5-12)9-2-3-10-11(8-9)14-7-6-13-10/h2-3,8H,4-7H2,1H3. The maximum atomic E-state index is 5.56. The van der Waals surface area contributed by atoms with Gasteiger partial charge in [0.25, 0.3) is 0 Å². The zero-order valence-corrected chi connectivity index (χ0v) is 8.38. The number of fused-ring (bicyclic) bond motifs is 1. The molecule has 2 aliphatic rings. The molecule has 0 N–H and O–H groups in total. The van der Waals surface area contributed by atoms with Crippen LogP contribution in [-0.4, -0.2) is 13.2 Å². The van der Waals surface area contributed by atoms with Crippen LogP contribution < -0.4 is 9.47 Å². The number of rotatable bonds is 1. The second-order valence-corrected chi connectivity index (χ2v) is 4.42. The van der Waals surface area contributed by atoms with Crippen molar-refractivity contribution in [2.24, 2.45) is 0 Å². The lowest BCUT2D eigenvalue weighted by atomic mass is 9.98. The minimum absolute atomic E-state index is 0.413. The second-order valence-electron chi connectivity index (χ2n) is 4.42. The van der Waals surface area contributed by atoms with Crippen LogP contribution in [-0.2, 0) is 5.41 Å². The van der Waals surface area contributed by atoms with Crippen LogP contribution in [0.1, 0.15) is 25.3 Å². The van der Waals surface area contributed by atoms with Gasteiger partial charge in [-0.05, 0) is 36.0 Å². The topological polar surface area (TPSA) is 18.5 Å². The highest BCUT2D eigenvalue weighted by atomic mass is 16.6. The minimum Gasteiger partial charge on any atom is -0.486 e. The van der Waals surface area contributed by atoms with E-state index in [2.05, 4.69) is 19.1 Å². The van der Waals surface area contributed by atoms with E-state index in [-0.39, 0.29) is 0 Å². The zero-order chi connectivity index (χ0) is 9.60. The quantitative estimate of drug-likeness (QED) is 0.677. The molecule has 0 aromatic heterocycles. The summed E-state index contributed by atoms with van der Waals surface area (Å²) in [7, 11) is 0. The first kappa shape index (κ1) is 8.16. The van der Waals surface area contributed by atoms with E-state index in [1.807, 2.05) is 6.07 Å². The van der Waals surface area contributed by atoms with E-state index in [4.69, 9.17) is 9.47 Å². The smallest absolute Gasteiger partial charge is 0.161 e. The lowest BCUT2D eigenvalue weighted by Crippen LogP contribution is -2.15. The van der Waals surface area contributed by atoms with Crippen molar-refractivity contribution in [3.05, 3.63) is 23.8 Å². The van der Waals surface area contributed by atoms with Crippen molar-refractivity contribution in [3.8, 4) is 11.5 Å². The van der Waals surface area contributed by atoms with Gasteiger partial charge in [-0.25, -0.2) is 0 Å². The molecule has 1 fully saturated rings. The average molecular weight is 190 g/mol. The van der Waals surface area contributed by atoms with Gasteiger partial charge in [0.05, 0.1) is 0 Å². The molecule has 0 bridgehead atoms.